The maximum atomic E-state index is 5.46. The zero-order valence-corrected chi connectivity index (χ0v) is 19.2. The third-order valence-electron chi connectivity index (χ3n) is 3.00. The molecule has 11 heteroatoms. The van der Waals surface area contributed by atoms with Crippen LogP contribution in [0.2, 0.25) is 0 Å². The molecule has 1 heterocycles. The molecular weight excluding hydrogens is 452 g/mol. The summed E-state index contributed by atoms with van der Waals surface area (Å²) in [5, 5.41) is 26.7. The molecule has 0 atom stereocenters. The van der Waals surface area contributed by atoms with Gasteiger partial charge < -0.3 is 5.84 Å². The number of nitrogens with one attached hydrogen (secondary N) is 1. The number of halogens is 1. The van der Waals surface area contributed by atoms with E-state index in [0.29, 0.717) is 0 Å². The number of H-pyrrole nitrogens is 1. The van der Waals surface area contributed by atoms with Crippen LogP contribution in [0.15, 0.2) is 140 Å². The minimum absolute atomic E-state index is 0. The van der Waals surface area contributed by atoms with E-state index >= 15 is 0 Å². The molecule has 0 aliphatic carbocycles. The topological polar surface area (TPSA) is 137 Å². The Labute approximate surface area is 204 Å². The van der Waals surface area contributed by atoms with E-state index in [9.17, 15) is 0 Å². The van der Waals surface area contributed by atoms with E-state index in [1.165, 1.54) is 12.4 Å². The standard InChI is InChI=1S/C23H26N10.ClH/c24-33-31-26-23-21-19-17-15-13-11-9-7-5-3-1-2-4-6-8-10-12-14-16-18-20-22-25-27-28-29-30-32-33;/h1-23,31H,24H2;1H. The Balaban J connectivity index is 0.0000109. The molecule has 1 aromatic rings. The van der Waals surface area contributed by atoms with Crippen molar-refractivity contribution in [3.05, 3.63) is 140 Å². The fraction of sp³-hybridized carbons (Fsp3) is 0. The molecule has 0 amide bonds. The van der Waals surface area contributed by atoms with Gasteiger partial charge in [-0.25, -0.2) is 0 Å². The molecule has 0 saturated carbocycles. The van der Waals surface area contributed by atoms with E-state index in [1.807, 2.05) is 103 Å². The Morgan fingerprint density at radius 2 is 0.794 bits per heavy atom. The second kappa shape index (κ2) is 24.6. The van der Waals surface area contributed by atoms with Crippen molar-refractivity contribution in [1.29, 1.82) is 0 Å². The lowest BCUT2D eigenvalue weighted by Crippen LogP contribution is -2.17. The van der Waals surface area contributed by atoms with Gasteiger partial charge in [-0.2, -0.15) is 10.3 Å². The summed E-state index contributed by atoms with van der Waals surface area (Å²) in [6.45, 7) is 0. The van der Waals surface area contributed by atoms with Gasteiger partial charge in [-0.15, -0.1) is 17.5 Å². The fourth-order valence-electron chi connectivity index (χ4n) is 1.66. The molecule has 1 rings (SSSR count). The van der Waals surface area contributed by atoms with Crippen LogP contribution in [0.5, 0.6) is 0 Å². The second-order valence-corrected chi connectivity index (χ2v) is 5.48. The third-order valence-corrected chi connectivity index (χ3v) is 3.00. The van der Waals surface area contributed by atoms with Gasteiger partial charge in [-0.3, -0.25) is 0 Å². The maximum Gasteiger partial charge on any atom is 0.0514 e. The Hall–Kier alpha value is -4.70. The summed E-state index contributed by atoms with van der Waals surface area (Å²) in [6, 6.07) is 39.7. The molecule has 0 unspecified atom stereocenters. The highest BCUT2D eigenvalue weighted by Gasteiger charge is 1.66. The molecule has 10 nitrogen and oxygen atoms in total. The van der Waals surface area contributed by atoms with Gasteiger partial charge in [-0.1, -0.05) is 120 Å². The van der Waals surface area contributed by atoms with E-state index in [0.717, 1.165) is 4.91 Å². The quantitative estimate of drug-likeness (QED) is 0.539. The second-order valence-electron chi connectivity index (χ2n) is 5.48. The van der Waals surface area contributed by atoms with Crippen molar-refractivity contribution in [2.75, 3.05) is 5.84 Å². The van der Waals surface area contributed by atoms with Crippen LogP contribution in [0.25, 0.3) is 0 Å². The number of nitrogens with two attached hydrogens (primary N) is 1. The predicted octanol–water partition coefficient (Wildman–Crippen LogP) is 3.59. The summed E-state index contributed by atoms with van der Waals surface area (Å²) in [7, 11) is 0. The SMILES string of the molecule is Cl.Nn1nnnnnncccccccccccccccccccccccn[nH]1. The lowest BCUT2D eigenvalue weighted by atomic mass is 10.4. The van der Waals surface area contributed by atoms with E-state index < -0.39 is 0 Å². The van der Waals surface area contributed by atoms with Crippen LogP contribution < -0.4 is 5.84 Å². The van der Waals surface area contributed by atoms with E-state index in [2.05, 4.69) is 41.5 Å². The van der Waals surface area contributed by atoms with Crippen molar-refractivity contribution >= 4 is 12.4 Å². The highest BCUT2D eigenvalue weighted by Crippen LogP contribution is 1.80. The van der Waals surface area contributed by atoms with Gasteiger partial charge in [0, 0.05) is 6.20 Å². The van der Waals surface area contributed by atoms with Crippen LogP contribution in [0.3, 0.4) is 0 Å². The van der Waals surface area contributed by atoms with Crippen LogP contribution in [0, 0.1) is 0 Å². The number of aromatic amines is 1. The lowest BCUT2D eigenvalue weighted by molar-refractivity contribution is 0.543. The Morgan fingerprint density at radius 3 is 1.24 bits per heavy atom. The summed E-state index contributed by atoms with van der Waals surface area (Å²) >= 11 is 0. The fourth-order valence-corrected chi connectivity index (χ4v) is 1.66. The number of hydrogen-bond acceptors (Lipinski definition) is 8. The summed E-state index contributed by atoms with van der Waals surface area (Å²) in [4.78, 5) is 0.752. The highest BCUT2D eigenvalue weighted by atomic mass is 35.5. The van der Waals surface area contributed by atoms with Crippen LogP contribution in [-0.2, 0) is 0 Å². The minimum atomic E-state index is 0. The van der Waals surface area contributed by atoms with Gasteiger partial charge in [0.1, 0.15) is 0 Å². The number of nitrogens with zero attached hydrogens (tertiary/aromatic N) is 8. The van der Waals surface area contributed by atoms with Crippen molar-refractivity contribution in [2.24, 2.45) is 0 Å². The van der Waals surface area contributed by atoms with Crippen molar-refractivity contribution in [2.45, 2.75) is 0 Å². The van der Waals surface area contributed by atoms with Crippen LogP contribution >= 0.6 is 12.4 Å². The molecule has 0 aliphatic heterocycles. The molecule has 0 spiro atoms. The van der Waals surface area contributed by atoms with E-state index in [1.54, 1.807) is 24.3 Å². The monoisotopic (exact) mass is 478 g/mol. The van der Waals surface area contributed by atoms with Gasteiger partial charge >= 0.3 is 0 Å². The lowest BCUT2D eigenvalue weighted by Gasteiger charge is -1.84. The molecule has 176 valence electrons. The molecule has 0 saturated heterocycles. The maximum absolute atomic E-state index is 5.46. The first-order chi connectivity index (χ1) is 16.4. The highest BCUT2D eigenvalue weighted by molar-refractivity contribution is 5.85. The Kier molecular flexibility index (Phi) is 21.2. The van der Waals surface area contributed by atoms with Gasteiger partial charge in [-0.05, 0) is 38.2 Å². The summed E-state index contributed by atoms with van der Waals surface area (Å²) in [5.74, 6) is 5.46. The zero-order chi connectivity index (χ0) is 23.5. The van der Waals surface area contributed by atoms with Crippen molar-refractivity contribution < 1.29 is 0 Å². The first-order valence-corrected chi connectivity index (χ1v) is 9.76. The first-order valence-electron chi connectivity index (χ1n) is 9.76. The Bertz CT molecular complexity index is 1010. The summed E-state index contributed by atoms with van der Waals surface area (Å²) in [6.07, 6.45) is 2.94. The molecule has 1 aromatic heterocycles. The van der Waals surface area contributed by atoms with Crippen molar-refractivity contribution in [1.82, 2.24) is 46.4 Å². The van der Waals surface area contributed by atoms with Gasteiger partial charge in [0.15, 0.2) is 0 Å². The molecule has 0 radical (unpaired) electrons. The largest absolute Gasteiger partial charge is 0.305 e. The predicted molar refractivity (Wildman–Crippen MR) is 134 cm³/mol. The summed E-state index contributed by atoms with van der Waals surface area (Å²) in [5.41, 5.74) is 0. The summed E-state index contributed by atoms with van der Waals surface area (Å²) < 4.78 is 0. The van der Waals surface area contributed by atoms with Gasteiger partial charge in [0.25, 0.3) is 0 Å². The molecule has 0 fully saturated rings. The zero-order valence-electron chi connectivity index (χ0n) is 18.3. The number of rotatable bonds is 0. The Morgan fingerprint density at radius 1 is 0.441 bits per heavy atom. The molecular formula is C23H27ClN10. The smallest absolute Gasteiger partial charge is 0.0514 e. The molecule has 3 N–H and O–H groups in total. The number of nitrogen functional groups attached to an aromatic ring is 1. The van der Waals surface area contributed by atoms with E-state index in [-0.39, 0.29) is 12.4 Å². The number of hydrogen-bond donors (Lipinski definition) is 2. The van der Waals surface area contributed by atoms with Gasteiger partial charge in [0.05, 0.1) is 6.20 Å². The van der Waals surface area contributed by atoms with Crippen LogP contribution in [-0.4, -0.2) is 46.4 Å². The molecule has 0 aromatic carbocycles. The first kappa shape index (κ1) is 29.3. The van der Waals surface area contributed by atoms with Crippen molar-refractivity contribution in [3.63, 3.8) is 0 Å². The number of aromatic nitrogens is 9. The van der Waals surface area contributed by atoms with E-state index in [4.69, 9.17) is 5.84 Å². The van der Waals surface area contributed by atoms with Gasteiger partial charge in [0.2, 0.25) is 0 Å². The van der Waals surface area contributed by atoms with Crippen LogP contribution in [0.1, 0.15) is 0 Å². The van der Waals surface area contributed by atoms with Crippen molar-refractivity contribution in [3.8, 4) is 0 Å². The average Bonchev–Trinajstić information content (AvgIpc) is 2.82. The molecule has 0 bridgehead atoms. The molecule has 34 heavy (non-hydrogen) atoms. The third kappa shape index (κ3) is 22.0. The molecule has 0 aliphatic rings. The normalized spacial score (nSPS) is 7.88. The average molecular weight is 479 g/mol. The van der Waals surface area contributed by atoms with Crippen LogP contribution in [0.4, 0.5) is 0 Å². The minimum Gasteiger partial charge on any atom is -0.305 e.